The second-order valence-electron chi connectivity index (χ2n) is 9.07. The smallest absolute Gasteiger partial charge is 0.331 e. The molecular weight excluding hydrogens is 472 g/mol. The molecule has 37 heavy (non-hydrogen) atoms. The van der Waals surface area contributed by atoms with E-state index in [2.05, 4.69) is 5.32 Å². The molecule has 0 amide bonds. The molecule has 1 aliphatic rings. The van der Waals surface area contributed by atoms with Crippen molar-refractivity contribution in [3.05, 3.63) is 98.8 Å². The fraction of sp³-hybridized carbons (Fsp3) is 0.143. The van der Waals surface area contributed by atoms with Gasteiger partial charge in [-0.25, -0.2) is 4.79 Å². The number of phenols is 2. The molecule has 3 heterocycles. The van der Waals surface area contributed by atoms with E-state index in [-0.39, 0.29) is 11.5 Å². The van der Waals surface area contributed by atoms with Crippen LogP contribution in [0.1, 0.15) is 17.3 Å². The van der Waals surface area contributed by atoms with E-state index in [9.17, 15) is 19.8 Å². The Morgan fingerprint density at radius 3 is 2.32 bits per heavy atom. The molecule has 0 bridgehead atoms. The van der Waals surface area contributed by atoms with Crippen molar-refractivity contribution in [2.45, 2.75) is 6.04 Å². The van der Waals surface area contributed by atoms with Gasteiger partial charge in [-0.15, -0.1) is 0 Å². The van der Waals surface area contributed by atoms with Gasteiger partial charge in [0.1, 0.15) is 5.75 Å². The molecular formula is C28H24N4O5. The van der Waals surface area contributed by atoms with E-state index < -0.39 is 17.3 Å². The summed E-state index contributed by atoms with van der Waals surface area (Å²) in [6.07, 6.45) is 0. The predicted octanol–water partition coefficient (Wildman–Crippen LogP) is 3.63. The van der Waals surface area contributed by atoms with E-state index in [1.54, 1.807) is 20.2 Å². The molecule has 3 N–H and O–H groups in total. The van der Waals surface area contributed by atoms with Crippen molar-refractivity contribution in [3.8, 4) is 34.2 Å². The van der Waals surface area contributed by atoms with Crippen LogP contribution in [0.15, 0.2) is 76.3 Å². The van der Waals surface area contributed by atoms with Crippen molar-refractivity contribution in [1.82, 2.24) is 13.7 Å². The van der Waals surface area contributed by atoms with E-state index in [0.717, 1.165) is 21.5 Å². The van der Waals surface area contributed by atoms with E-state index in [1.165, 1.54) is 23.7 Å². The summed E-state index contributed by atoms with van der Waals surface area (Å²) in [5, 5.41) is 24.1. The number of benzene rings is 3. The summed E-state index contributed by atoms with van der Waals surface area (Å²) in [5.74, 6) is 0.180. The van der Waals surface area contributed by atoms with Crippen molar-refractivity contribution >= 4 is 16.6 Å². The summed E-state index contributed by atoms with van der Waals surface area (Å²) in [4.78, 5) is 26.8. The largest absolute Gasteiger partial charge is 0.504 e. The van der Waals surface area contributed by atoms with Crippen LogP contribution in [0.2, 0.25) is 0 Å². The summed E-state index contributed by atoms with van der Waals surface area (Å²) < 4.78 is 9.95. The Balaban J connectivity index is 1.82. The molecule has 0 saturated carbocycles. The van der Waals surface area contributed by atoms with Crippen molar-refractivity contribution in [1.29, 1.82) is 0 Å². The molecule has 0 radical (unpaired) electrons. The van der Waals surface area contributed by atoms with Gasteiger partial charge in [0.2, 0.25) is 0 Å². The molecule has 5 aromatic rings. The number of hydrogen-bond acceptors (Lipinski definition) is 6. The fourth-order valence-electron chi connectivity index (χ4n) is 5.21. The van der Waals surface area contributed by atoms with Gasteiger partial charge in [0, 0.05) is 14.1 Å². The molecule has 0 aliphatic carbocycles. The quantitative estimate of drug-likeness (QED) is 0.329. The van der Waals surface area contributed by atoms with E-state index >= 15 is 0 Å². The molecule has 6 rings (SSSR count). The number of fused-ring (bicyclic) bond motifs is 5. The number of aryl methyl sites for hydroxylation is 1. The highest BCUT2D eigenvalue weighted by Gasteiger charge is 2.35. The lowest BCUT2D eigenvalue weighted by Crippen LogP contribution is -2.37. The predicted molar refractivity (Wildman–Crippen MR) is 141 cm³/mol. The summed E-state index contributed by atoms with van der Waals surface area (Å²) in [6, 6.07) is 19.2. The zero-order valence-electron chi connectivity index (χ0n) is 20.4. The highest BCUT2D eigenvalue weighted by molar-refractivity contribution is 5.99. The number of methoxy groups -OCH3 is 1. The van der Waals surface area contributed by atoms with Gasteiger partial charge < -0.3 is 24.8 Å². The van der Waals surface area contributed by atoms with Crippen LogP contribution in [-0.2, 0) is 14.1 Å². The highest BCUT2D eigenvalue weighted by Crippen LogP contribution is 2.46. The molecule has 9 nitrogen and oxygen atoms in total. The van der Waals surface area contributed by atoms with Gasteiger partial charge in [-0.3, -0.25) is 13.9 Å². The topological polar surface area (TPSA) is 111 Å². The number of aromatic nitrogens is 3. The second kappa shape index (κ2) is 8.06. The standard InChI is InChI=1S/C28H24N4O5/c1-30-25-22(27(35)31(2)28(30)36)24(15-8-11-17(37-3)12-9-15)32-19-7-5-4-6-18(19)29-23(26(25)32)16-10-13-20(33)21(34)14-16/h4-14,23,29,33-34H,1-3H3. The first kappa shape index (κ1) is 22.5. The van der Waals surface area contributed by atoms with Crippen LogP contribution in [0.25, 0.3) is 27.8 Å². The minimum absolute atomic E-state index is 0.236. The average molecular weight is 497 g/mol. The van der Waals surface area contributed by atoms with Crippen LogP contribution in [0.4, 0.5) is 5.69 Å². The van der Waals surface area contributed by atoms with Gasteiger partial charge in [-0.2, -0.15) is 0 Å². The third-order valence-electron chi connectivity index (χ3n) is 7.02. The Bertz CT molecular complexity index is 1830. The highest BCUT2D eigenvalue weighted by atomic mass is 16.5. The van der Waals surface area contributed by atoms with E-state index in [4.69, 9.17) is 4.74 Å². The fourth-order valence-corrected chi connectivity index (χ4v) is 5.21. The van der Waals surface area contributed by atoms with Crippen molar-refractivity contribution < 1.29 is 14.9 Å². The maximum Gasteiger partial charge on any atom is 0.331 e. The van der Waals surface area contributed by atoms with Gasteiger partial charge in [0.15, 0.2) is 11.5 Å². The first-order valence-corrected chi connectivity index (χ1v) is 11.7. The molecule has 0 spiro atoms. The summed E-state index contributed by atoms with van der Waals surface area (Å²) in [7, 11) is 4.71. The lowest BCUT2D eigenvalue weighted by Gasteiger charge is -2.31. The van der Waals surface area contributed by atoms with Gasteiger partial charge in [-0.1, -0.05) is 18.2 Å². The third kappa shape index (κ3) is 3.17. The van der Waals surface area contributed by atoms with Gasteiger partial charge in [0.05, 0.1) is 46.8 Å². The molecule has 9 heteroatoms. The summed E-state index contributed by atoms with van der Waals surface area (Å²) >= 11 is 0. The molecule has 0 fully saturated rings. The minimum Gasteiger partial charge on any atom is -0.504 e. The van der Waals surface area contributed by atoms with Crippen molar-refractivity contribution in [2.24, 2.45) is 14.1 Å². The Kier molecular flexibility index (Phi) is 4.91. The average Bonchev–Trinajstić information content (AvgIpc) is 3.28. The first-order chi connectivity index (χ1) is 17.8. The lowest BCUT2D eigenvalue weighted by atomic mass is 9.99. The van der Waals surface area contributed by atoms with Gasteiger partial charge >= 0.3 is 5.69 Å². The number of hydrogen-bond donors (Lipinski definition) is 3. The molecule has 3 aromatic carbocycles. The summed E-state index contributed by atoms with van der Waals surface area (Å²) in [6.45, 7) is 0. The minimum atomic E-state index is -0.548. The molecule has 0 saturated heterocycles. The monoisotopic (exact) mass is 496 g/mol. The number of nitrogens with one attached hydrogen (secondary N) is 1. The SMILES string of the molecule is COc1ccc(-c2c3c(=O)n(C)c(=O)n(C)c3c3n2-c2ccccc2NC3c2ccc(O)c(O)c2)cc1. The van der Waals surface area contributed by atoms with Gasteiger partial charge in [0.25, 0.3) is 5.56 Å². The Morgan fingerprint density at radius 2 is 1.62 bits per heavy atom. The molecule has 1 atom stereocenters. The number of aromatic hydroxyl groups is 2. The van der Waals surface area contributed by atoms with Crippen LogP contribution in [0, 0.1) is 0 Å². The van der Waals surface area contributed by atoms with Crippen molar-refractivity contribution in [3.63, 3.8) is 0 Å². The molecule has 1 unspecified atom stereocenters. The zero-order chi connectivity index (χ0) is 26.0. The van der Waals surface area contributed by atoms with Crippen LogP contribution < -0.4 is 21.3 Å². The number of para-hydroxylation sites is 2. The number of phenolic OH excluding ortho intramolecular Hbond substituents is 2. The number of anilines is 1. The zero-order valence-corrected chi connectivity index (χ0v) is 20.4. The van der Waals surface area contributed by atoms with Crippen molar-refractivity contribution in [2.75, 3.05) is 12.4 Å². The Labute approximate surface area is 211 Å². The van der Waals surface area contributed by atoms with Crippen LogP contribution in [0.3, 0.4) is 0 Å². The second-order valence-corrected chi connectivity index (χ2v) is 9.07. The maximum atomic E-state index is 13.7. The van der Waals surface area contributed by atoms with Crippen LogP contribution >= 0.6 is 0 Å². The first-order valence-electron chi connectivity index (χ1n) is 11.7. The van der Waals surface area contributed by atoms with E-state index in [0.29, 0.717) is 33.6 Å². The van der Waals surface area contributed by atoms with Gasteiger partial charge in [-0.05, 0) is 59.7 Å². The van der Waals surface area contributed by atoms with Crippen LogP contribution in [0.5, 0.6) is 17.2 Å². The van der Waals surface area contributed by atoms with E-state index in [1.807, 2.05) is 53.1 Å². The maximum absolute atomic E-state index is 13.7. The van der Waals surface area contributed by atoms with Crippen LogP contribution in [-0.4, -0.2) is 31.0 Å². The molecule has 2 aromatic heterocycles. The lowest BCUT2D eigenvalue weighted by molar-refractivity contribution is 0.403. The number of rotatable bonds is 3. The number of ether oxygens (including phenoxy) is 1. The molecule has 1 aliphatic heterocycles. The summed E-state index contributed by atoms with van der Waals surface area (Å²) in [5.41, 5.74) is 3.99. The third-order valence-corrected chi connectivity index (χ3v) is 7.02. The Morgan fingerprint density at radius 1 is 0.892 bits per heavy atom. The number of nitrogens with zero attached hydrogens (tertiary/aromatic N) is 3. The normalized spacial score (nSPS) is 14.2. The molecule has 186 valence electrons. The Hall–Kier alpha value is -4.92.